The van der Waals surface area contributed by atoms with Gasteiger partial charge in [-0.05, 0) is 11.1 Å². The Morgan fingerprint density at radius 1 is 1.55 bits per heavy atom. The number of alkyl halides is 1. The fourth-order valence-electron chi connectivity index (χ4n) is 1.95. The van der Waals surface area contributed by atoms with Crippen LogP contribution in [0.25, 0.3) is 6.08 Å². The van der Waals surface area contributed by atoms with Gasteiger partial charge in [-0.1, -0.05) is 15.9 Å². The first-order valence-electron chi connectivity index (χ1n) is 5.70. The van der Waals surface area contributed by atoms with Gasteiger partial charge in [-0.3, -0.25) is 14.3 Å². The number of H-pyrrole nitrogens is 1. The molecule has 7 nitrogen and oxygen atoms in total. The first-order valence-corrected chi connectivity index (χ1v) is 6.62. The lowest BCUT2D eigenvalue weighted by Crippen LogP contribution is -2.36. The van der Waals surface area contributed by atoms with E-state index in [1.807, 2.05) is 4.98 Å². The van der Waals surface area contributed by atoms with Crippen molar-refractivity contribution in [2.45, 2.75) is 24.6 Å². The molecule has 0 spiro atoms. The van der Waals surface area contributed by atoms with Gasteiger partial charge in [0.2, 0.25) is 0 Å². The van der Waals surface area contributed by atoms with Gasteiger partial charge in [-0.2, -0.15) is 0 Å². The number of hydrogen-bond acceptors (Lipinski definition) is 5. The molecule has 0 amide bonds. The molecule has 3 N–H and O–H groups in total. The van der Waals surface area contributed by atoms with E-state index in [0.717, 1.165) is 10.8 Å². The first kappa shape index (κ1) is 15.1. The Hall–Kier alpha value is -1.29. The van der Waals surface area contributed by atoms with E-state index in [1.165, 1.54) is 11.1 Å². The van der Waals surface area contributed by atoms with Crippen molar-refractivity contribution in [2.75, 3.05) is 6.61 Å². The van der Waals surface area contributed by atoms with Crippen molar-refractivity contribution >= 4 is 22.0 Å². The first-order chi connectivity index (χ1) is 9.49. The van der Waals surface area contributed by atoms with E-state index < -0.39 is 42.5 Å². The third-order valence-corrected chi connectivity index (χ3v) is 3.25. The van der Waals surface area contributed by atoms with Crippen molar-refractivity contribution < 1.29 is 19.3 Å². The third-order valence-electron chi connectivity index (χ3n) is 2.99. The third kappa shape index (κ3) is 2.62. The quantitative estimate of drug-likeness (QED) is 0.681. The summed E-state index contributed by atoms with van der Waals surface area (Å²) >= 11 is 2.99. The Kier molecular flexibility index (Phi) is 4.53. The summed E-state index contributed by atoms with van der Waals surface area (Å²) in [6.45, 7) is -0.579. The molecule has 2 rings (SSSR count). The summed E-state index contributed by atoms with van der Waals surface area (Å²) in [4.78, 5) is 26.6. The predicted octanol–water partition coefficient (Wildman–Crippen LogP) is -0.509. The largest absolute Gasteiger partial charge is 0.394 e. The van der Waals surface area contributed by atoms with Gasteiger partial charge in [-0.25, -0.2) is 9.18 Å². The molecular weight excluding hydrogens is 339 g/mol. The number of aliphatic hydroxyl groups is 2. The fraction of sp³-hybridized carbons (Fsp3) is 0.455. The van der Waals surface area contributed by atoms with Crippen LogP contribution in [0.2, 0.25) is 0 Å². The highest BCUT2D eigenvalue weighted by molar-refractivity contribution is 9.11. The van der Waals surface area contributed by atoms with Gasteiger partial charge in [-0.15, -0.1) is 0 Å². The van der Waals surface area contributed by atoms with E-state index in [2.05, 4.69) is 15.9 Å². The highest BCUT2D eigenvalue weighted by Gasteiger charge is 2.45. The lowest BCUT2D eigenvalue weighted by atomic mass is 10.1. The number of halogens is 2. The van der Waals surface area contributed by atoms with E-state index in [9.17, 15) is 19.1 Å². The minimum Gasteiger partial charge on any atom is -0.394 e. The molecule has 0 aliphatic carbocycles. The molecule has 0 saturated carbocycles. The maximum atomic E-state index is 13.9. The number of rotatable bonds is 3. The van der Waals surface area contributed by atoms with Crippen LogP contribution in [-0.4, -0.2) is 44.8 Å². The van der Waals surface area contributed by atoms with Crippen molar-refractivity contribution in [3.8, 4) is 0 Å². The predicted molar refractivity (Wildman–Crippen MR) is 71.2 cm³/mol. The van der Waals surface area contributed by atoms with Crippen LogP contribution in [-0.2, 0) is 4.74 Å². The molecule has 9 heteroatoms. The molecule has 0 radical (unpaired) electrons. The Balaban J connectivity index is 2.46. The van der Waals surface area contributed by atoms with E-state index >= 15 is 0 Å². The van der Waals surface area contributed by atoms with Crippen LogP contribution >= 0.6 is 15.9 Å². The number of hydrogen-bond donors (Lipinski definition) is 3. The molecular formula is C11H12BrFN2O5. The second-order valence-electron chi connectivity index (χ2n) is 4.23. The Morgan fingerprint density at radius 2 is 2.25 bits per heavy atom. The van der Waals surface area contributed by atoms with Gasteiger partial charge in [0.25, 0.3) is 5.56 Å². The highest BCUT2D eigenvalue weighted by atomic mass is 79.9. The maximum absolute atomic E-state index is 13.9. The number of aromatic amines is 1. The highest BCUT2D eigenvalue weighted by Crippen LogP contribution is 2.30. The number of nitrogens with one attached hydrogen (secondary N) is 1. The summed E-state index contributed by atoms with van der Waals surface area (Å²) in [5.74, 6) is 0. The number of ether oxygens (including phenoxy) is 1. The van der Waals surface area contributed by atoms with Crippen molar-refractivity contribution in [1.29, 1.82) is 0 Å². The zero-order valence-electron chi connectivity index (χ0n) is 10.1. The van der Waals surface area contributed by atoms with E-state index in [4.69, 9.17) is 9.84 Å². The zero-order valence-corrected chi connectivity index (χ0v) is 11.7. The van der Waals surface area contributed by atoms with Crippen LogP contribution in [0.3, 0.4) is 0 Å². The van der Waals surface area contributed by atoms with Crippen LogP contribution in [0.15, 0.2) is 20.8 Å². The summed E-state index contributed by atoms with van der Waals surface area (Å²) in [6.07, 6.45) is -3.46. The van der Waals surface area contributed by atoms with Crippen LogP contribution < -0.4 is 11.2 Å². The Morgan fingerprint density at radius 3 is 2.80 bits per heavy atom. The average Bonchev–Trinajstić information content (AvgIpc) is 2.70. The fourth-order valence-corrected chi connectivity index (χ4v) is 2.24. The summed E-state index contributed by atoms with van der Waals surface area (Å²) in [5, 5.41) is 18.5. The average molecular weight is 351 g/mol. The minimum absolute atomic E-state index is 0.110. The van der Waals surface area contributed by atoms with Crippen molar-refractivity contribution in [1.82, 2.24) is 9.55 Å². The molecule has 0 unspecified atom stereocenters. The van der Waals surface area contributed by atoms with E-state index in [0.29, 0.717) is 0 Å². The normalized spacial score (nSPS) is 30.2. The summed E-state index contributed by atoms with van der Waals surface area (Å²) in [5.41, 5.74) is -1.38. The molecule has 0 aromatic carbocycles. The van der Waals surface area contributed by atoms with Gasteiger partial charge in [0.05, 0.1) is 12.2 Å². The molecule has 1 aliphatic rings. The lowest BCUT2D eigenvalue weighted by molar-refractivity contribution is -0.0491. The smallest absolute Gasteiger partial charge is 0.330 e. The molecule has 4 atom stereocenters. The molecule has 2 heterocycles. The van der Waals surface area contributed by atoms with Crippen LogP contribution in [0.1, 0.15) is 11.8 Å². The monoisotopic (exact) mass is 350 g/mol. The maximum Gasteiger partial charge on any atom is 0.330 e. The van der Waals surface area contributed by atoms with Crippen molar-refractivity contribution in [3.05, 3.63) is 37.6 Å². The van der Waals surface area contributed by atoms with Gasteiger partial charge in [0, 0.05) is 6.20 Å². The van der Waals surface area contributed by atoms with Gasteiger partial charge in [0.15, 0.2) is 12.4 Å². The van der Waals surface area contributed by atoms with Gasteiger partial charge < -0.3 is 14.9 Å². The van der Waals surface area contributed by atoms with Crippen molar-refractivity contribution in [2.24, 2.45) is 0 Å². The molecule has 0 bridgehead atoms. The number of aromatic nitrogens is 2. The molecule has 1 aromatic heterocycles. The van der Waals surface area contributed by atoms with E-state index in [1.54, 1.807) is 0 Å². The van der Waals surface area contributed by atoms with Crippen LogP contribution in [0.5, 0.6) is 0 Å². The number of aliphatic hydroxyl groups excluding tert-OH is 2. The standard InChI is InChI=1S/C11H12BrFN2O5/c12-2-1-5-3-15(11(19)14-9(5)18)10-7(13)8(17)6(4-16)20-10/h1-3,6-8,10,16-17H,4H2,(H,14,18,19)/b2-1+/t6-,7-,8-,10-/m0/s1. The van der Waals surface area contributed by atoms with Gasteiger partial charge in [0.1, 0.15) is 12.2 Å². The molecule has 110 valence electrons. The topological polar surface area (TPSA) is 105 Å². The second kappa shape index (κ2) is 6.00. The minimum atomic E-state index is -1.89. The van der Waals surface area contributed by atoms with E-state index in [-0.39, 0.29) is 5.56 Å². The molecule has 20 heavy (non-hydrogen) atoms. The Labute approximate surface area is 120 Å². The van der Waals surface area contributed by atoms with Crippen molar-refractivity contribution in [3.63, 3.8) is 0 Å². The SMILES string of the molecule is O=c1[nH]c(=O)n([C@H]2O[C@@H](CO)[C@H](O)[C@@H]2F)cc1/C=C/Br. The number of nitrogens with zero attached hydrogens (tertiary/aromatic N) is 1. The molecule has 1 aromatic rings. The lowest BCUT2D eigenvalue weighted by Gasteiger charge is -2.16. The molecule has 1 saturated heterocycles. The zero-order chi connectivity index (χ0) is 14.9. The summed E-state index contributed by atoms with van der Waals surface area (Å²) < 4.78 is 19.9. The summed E-state index contributed by atoms with van der Waals surface area (Å²) in [6, 6.07) is 0. The summed E-state index contributed by atoms with van der Waals surface area (Å²) in [7, 11) is 0. The Bertz CT molecular complexity index is 628. The van der Waals surface area contributed by atoms with Crippen LogP contribution in [0.4, 0.5) is 4.39 Å². The second-order valence-corrected chi connectivity index (χ2v) is 4.75. The molecule has 1 aliphatic heterocycles. The van der Waals surface area contributed by atoms with Crippen LogP contribution in [0, 0.1) is 0 Å². The molecule has 1 fully saturated rings. The van der Waals surface area contributed by atoms with Gasteiger partial charge >= 0.3 is 5.69 Å².